The molecule has 0 aromatic heterocycles. The van der Waals surface area contributed by atoms with Gasteiger partial charge in [0.15, 0.2) is 0 Å². The number of hydrogen-bond donors (Lipinski definition) is 1. The van der Waals surface area contributed by atoms with Crippen LogP contribution >= 0.6 is 0 Å². The predicted molar refractivity (Wildman–Crippen MR) is 55.5 cm³/mol. The molecule has 0 atom stereocenters. The summed E-state index contributed by atoms with van der Waals surface area (Å²) in [4.78, 5) is 10.7. The van der Waals surface area contributed by atoms with Crippen molar-refractivity contribution in [1.82, 2.24) is 0 Å². The van der Waals surface area contributed by atoms with E-state index in [1.807, 2.05) is 0 Å². The van der Waals surface area contributed by atoms with E-state index in [0.717, 1.165) is 0 Å². The highest BCUT2D eigenvalue weighted by molar-refractivity contribution is 5.76. The van der Waals surface area contributed by atoms with Crippen LogP contribution in [0.15, 0.2) is 0 Å². The molecule has 0 bridgehead atoms. The van der Waals surface area contributed by atoms with Gasteiger partial charge in [-0.15, -0.1) is 0 Å². The average Bonchev–Trinajstić information content (AvgIpc) is 2.13. The fraction of sp³-hybridized carbons (Fsp3) is 0.909. The maximum absolute atomic E-state index is 12.7. The molecule has 0 saturated heterocycles. The number of halogens is 6. The molecule has 0 spiro atoms. The third kappa shape index (κ3) is 3.54. The molecule has 0 aromatic carbocycles. The first-order valence-corrected chi connectivity index (χ1v) is 5.58. The fourth-order valence-electron chi connectivity index (χ4n) is 1.50. The molecule has 0 radical (unpaired) electrons. The SMILES string of the molecule is CCC(C)(C)CCC(C(=O)O)(C(F)(F)F)C(F)(F)F. The Morgan fingerprint density at radius 3 is 1.53 bits per heavy atom. The molecular weight excluding hydrogens is 278 g/mol. The first kappa shape index (κ1) is 18.0. The molecular formula is C11H16F6O2. The van der Waals surface area contributed by atoms with Gasteiger partial charge in [0.25, 0.3) is 5.41 Å². The summed E-state index contributed by atoms with van der Waals surface area (Å²) >= 11 is 0. The summed E-state index contributed by atoms with van der Waals surface area (Å²) in [6, 6.07) is 0. The third-order valence-corrected chi connectivity index (χ3v) is 3.47. The monoisotopic (exact) mass is 294 g/mol. The summed E-state index contributed by atoms with van der Waals surface area (Å²) in [7, 11) is 0. The second-order valence-electron chi connectivity index (χ2n) is 5.22. The molecule has 0 unspecified atom stereocenters. The Bertz CT molecular complexity index is 315. The van der Waals surface area contributed by atoms with Crippen LogP contribution in [0.4, 0.5) is 26.3 Å². The Kier molecular flexibility index (Phi) is 4.94. The maximum atomic E-state index is 12.7. The highest BCUT2D eigenvalue weighted by Crippen LogP contribution is 2.54. The number of rotatable bonds is 5. The number of alkyl halides is 6. The van der Waals surface area contributed by atoms with Crippen LogP contribution in [0.2, 0.25) is 0 Å². The van der Waals surface area contributed by atoms with E-state index in [0.29, 0.717) is 6.42 Å². The van der Waals surface area contributed by atoms with Crippen LogP contribution in [0.25, 0.3) is 0 Å². The van der Waals surface area contributed by atoms with Gasteiger partial charge in [-0.25, -0.2) is 0 Å². The number of carbonyl (C=O) groups is 1. The zero-order chi connectivity index (χ0) is 15.7. The Morgan fingerprint density at radius 2 is 1.32 bits per heavy atom. The van der Waals surface area contributed by atoms with E-state index in [1.54, 1.807) is 6.92 Å². The summed E-state index contributed by atoms with van der Waals surface area (Å²) in [6.45, 7) is 4.60. The van der Waals surface area contributed by atoms with E-state index in [9.17, 15) is 31.1 Å². The summed E-state index contributed by atoms with van der Waals surface area (Å²) in [5.41, 5.74) is -5.50. The van der Waals surface area contributed by atoms with Crippen molar-refractivity contribution in [2.75, 3.05) is 0 Å². The van der Waals surface area contributed by atoms with Gasteiger partial charge < -0.3 is 5.11 Å². The normalized spacial score (nSPS) is 14.6. The minimum absolute atomic E-state index is 0.346. The quantitative estimate of drug-likeness (QED) is 0.763. The van der Waals surface area contributed by atoms with Gasteiger partial charge in [-0.1, -0.05) is 27.2 Å². The van der Waals surface area contributed by atoms with Gasteiger partial charge in [0, 0.05) is 0 Å². The lowest BCUT2D eigenvalue weighted by molar-refractivity contribution is -0.334. The third-order valence-electron chi connectivity index (χ3n) is 3.47. The zero-order valence-electron chi connectivity index (χ0n) is 10.7. The Balaban J connectivity index is 5.59. The molecule has 2 nitrogen and oxygen atoms in total. The Hall–Kier alpha value is -0.950. The van der Waals surface area contributed by atoms with Gasteiger partial charge in [-0.2, -0.15) is 26.3 Å². The van der Waals surface area contributed by atoms with Crippen molar-refractivity contribution >= 4 is 5.97 Å². The smallest absolute Gasteiger partial charge is 0.413 e. The zero-order valence-corrected chi connectivity index (χ0v) is 10.7. The first-order valence-electron chi connectivity index (χ1n) is 5.58. The van der Waals surface area contributed by atoms with E-state index in [4.69, 9.17) is 5.11 Å². The molecule has 0 aliphatic rings. The molecule has 114 valence electrons. The van der Waals surface area contributed by atoms with Crippen molar-refractivity contribution < 1.29 is 36.2 Å². The molecule has 0 fully saturated rings. The second-order valence-corrected chi connectivity index (χ2v) is 5.22. The lowest BCUT2D eigenvalue weighted by Crippen LogP contribution is -2.56. The summed E-state index contributed by atoms with van der Waals surface area (Å²) < 4.78 is 76.2. The van der Waals surface area contributed by atoms with Gasteiger partial charge >= 0.3 is 18.3 Å². The van der Waals surface area contributed by atoms with E-state index < -0.39 is 42.0 Å². The van der Waals surface area contributed by atoms with Gasteiger partial charge in [0.1, 0.15) is 0 Å². The topological polar surface area (TPSA) is 37.3 Å². The van der Waals surface area contributed by atoms with Crippen molar-refractivity contribution in [3.8, 4) is 0 Å². The molecule has 0 heterocycles. The minimum atomic E-state index is -5.89. The van der Waals surface area contributed by atoms with Crippen molar-refractivity contribution in [2.24, 2.45) is 10.8 Å². The molecule has 8 heteroatoms. The van der Waals surface area contributed by atoms with E-state index in [1.165, 1.54) is 13.8 Å². The van der Waals surface area contributed by atoms with E-state index >= 15 is 0 Å². The van der Waals surface area contributed by atoms with E-state index in [2.05, 4.69) is 0 Å². The summed E-state index contributed by atoms with van der Waals surface area (Å²) in [5.74, 6) is -2.90. The maximum Gasteiger partial charge on any atom is 0.413 e. The number of carboxylic acid groups (broad SMARTS) is 1. The number of hydrogen-bond acceptors (Lipinski definition) is 1. The Morgan fingerprint density at radius 1 is 0.947 bits per heavy atom. The standard InChI is InChI=1S/C11H16F6O2/c1-4-8(2,3)5-6-9(7(18)19,10(12,13)14)11(15,16)17/h4-6H2,1-3H3,(H,18,19). The highest BCUT2D eigenvalue weighted by Gasteiger charge is 2.75. The van der Waals surface area contributed by atoms with Crippen molar-refractivity contribution in [2.45, 2.75) is 52.4 Å². The molecule has 0 rings (SSSR count). The summed E-state index contributed by atoms with van der Waals surface area (Å²) in [6.07, 6.45) is -13.4. The molecule has 19 heavy (non-hydrogen) atoms. The molecule has 0 aromatic rings. The van der Waals surface area contributed by atoms with Crippen molar-refractivity contribution in [3.05, 3.63) is 0 Å². The van der Waals surface area contributed by atoms with Gasteiger partial charge in [0.05, 0.1) is 0 Å². The van der Waals surface area contributed by atoms with Crippen molar-refractivity contribution in [3.63, 3.8) is 0 Å². The van der Waals surface area contributed by atoms with Gasteiger partial charge in [0.2, 0.25) is 0 Å². The molecule has 0 aliphatic heterocycles. The number of carboxylic acids is 1. The van der Waals surface area contributed by atoms with Crippen molar-refractivity contribution in [1.29, 1.82) is 0 Å². The molecule has 0 aliphatic carbocycles. The van der Waals surface area contributed by atoms with Crippen LogP contribution in [-0.2, 0) is 4.79 Å². The lowest BCUT2D eigenvalue weighted by atomic mass is 9.74. The van der Waals surface area contributed by atoms with Crippen LogP contribution < -0.4 is 0 Å². The largest absolute Gasteiger partial charge is 0.480 e. The molecule has 1 N–H and O–H groups in total. The second kappa shape index (κ2) is 5.20. The predicted octanol–water partition coefficient (Wildman–Crippen LogP) is 4.40. The lowest BCUT2D eigenvalue weighted by Gasteiger charge is -2.35. The van der Waals surface area contributed by atoms with E-state index in [-0.39, 0.29) is 0 Å². The van der Waals surface area contributed by atoms with Crippen LogP contribution in [0.5, 0.6) is 0 Å². The average molecular weight is 294 g/mol. The molecule has 0 saturated carbocycles. The Labute approximate surface area is 106 Å². The van der Waals surface area contributed by atoms with Gasteiger partial charge in [-0.05, 0) is 18.3 Å². The first-order chi connectivity index (χ1) is 8.21. The summed E-state index contributed by atoms with van der Waals surface area (Å²) in [5, 5.41) is 8.52. The minimum Gasteiger partial charge on any atom is -0.480 e. The van der Waals surface area contributed by atoms with Crippen LogP contribution in [0.1, 0.15) is 40.0 Å². The molecule has 0 amide bonds. The fourth-order valence-corrected chi connectivity index (χ4v) is 1.50. The van der Waals surface area contributed by atoms with Crippen LogP contribution in [0.3, 0.4) is 0 Å². The van der Waals surface area contributed by atoms with Gasteiger partial charge in [-0.3, -0.25) is 4.79 Å². The number of aliphatic carboxylic acids is 1. The van der Waals surface area contributed by atoms with Crippen LogP contribution in [-0.4, -0.2) is 23.4 Å². The highest BCUT2D eigenvalue weighted by atomic mass is 19.4. The van der Waals surface area contributed by atoms with Crippen LogP contribution in [0, 0.1) is 10.8 Å².